The van der Waals surface area contributed by atoms with Crippen LogP contribution in [-0.4, -0.2) is 71.2 Å². The van der Waals surface area contributed by atoms with Crippen molar-refractivity contribution in [1.82, 2.24) is 24.1 Å². The van der Waals surface area contributed by atoms with Gasteiger partial charge < -0.3 is 9.84 Å². The first-order valence-electron chi connectivity index (χ1n) is 10.3. The van der Waals surface area contributed by atoms with Crippen molar-refractivity contribution < 1.29 is 17.7 Å². The lowest BCUT2D eigenvalue weighted by atomic mass is 10.2. The Morgan fingerprint density at radius 3 is 2.53 bits per heavy atom. The maximum atomic E-state index is 12.9. The molecule has 2 fully saturated rings. The number of rotatable bonds is 6. The third-order valence-corrected chi connectivity index (χ3v) is 8.02. The Hall–Kier alpha value is -2.24. The van der Waals surface area contributed by atoms with Crippen molar-refractivity contribution in [3.8, 4) is 0 Å². The Morgan fingerprint density at radius 2 is 1.90 bits per heavy atom. The fraction of sp³-hybridized carbons (Fsp3) is 0.632. The second kappa shape index (κ2) is 8.48. The van der Waals surface area contributed by atoms with Gasteiger partial charge >= 0.3 is 0 Å². The number of aryl methyl sites for hydroxylation is 2. The molecule has 2 aromatic rings. The van der Waals surface area contributed by atoms with Crippen molar-refractivity contribution >= 4 is 21.7 Å². The largest absolute Gasteiger partial charge is 0.360 e. The fourth-order valence-electron chi connectivity index (χ4n) is 4.34. The molecule has 1 saturated carbocycles. The van der Waals surface area contributed by atoms with Crippen molar-refractivity contribution in [2.24, 2.45) is 0 Å². The van der Waals surface area contributed by atoms with Gasteiger partial charge in [-0.25, -0.2) is 13.1 Å². The molecule has 1 amide bonds. The second-order valence-corrected chi connectivity index (χ2v) is 9.86. The summed E-state index contributed by atoms with van der Waals surface area (Å²) >= 11 is 0. The van der Waals surface area contributed by atoms with Crippen LogP contribution in [0, 0.1) is 13.8 Å². The lowest BCUT2D eigenvalue weighted by Gasteiger charge is -2.33. The molecule has 0 atom stereocenters. The van der Waals surface area contributed by atoms with E-state index >= 15 is 0 Å². The molecule has 1 aliphatic carbocycles. The number of carbonyl (C=O) groups is 1. The number of hydrogen-bond donors (Lipinski definition) is 1. The molecule has 3 heterocycles. The number of carbonyl (C=O) groups excluding carboxylic acids is 1. The van der Waals surface area contributed by atoms with E-state index in [0.29, 0.717) is 43.7 Å². The van der Waals surface area contributed by atoms with Crippen LogP contribution in [0.15, 0.2) is 21.7 Å². The highest BCUT2D eigenvalue weighted by Gasteiger charge is 2.33. The molecule has 1 saturated heterocycles. The Morgan fingerprint density at radius 1 is 1.20 bits per heavy atom. The van der Waals surface area contributed by atoms with Crippen LogP contribution in [-0.2, 0) is 14.8 Å². The molecular formula is C19H28N6O4S. The molecular weight excluding hydrogens is 408 g/mol. The molecule has 0 radical (unpaired) electrons. The molecule has 1 aliphatic heterocycles. The lowest BCUT2D eigenvalue weighted by Crippen LogP contribution is -2.50. The van der Waals surface area contributed by atoms with Gasteiger partial charge in [0.2, 0.25) is 15.9 Å². The number of nitrogens with one attached hydrogen (secondary N) is 1. The van der Waals surface area contributed by atoms with E-state index in [0.717, 1.165) is 18.7 Å². The summed E-state index contributed by atoms with van der Waals surface area (Å²) in [6, 6.07) is 2.18. The van der Waals surface area contributed by atoms with Crippen LogP contribution in [0.5, 0.6) is 0 Å². The van der Waals surface area contributed by atoms with Crippen LogP contribution in [0.25, 0.3) is 0 Å². The minimum absolute atomic E-state index is 0.114. The molecule has 164 valence electrons. The molecule has 2 aromatic heterocycles. The Labute approximate surface area is 176 Å². The first-order chi connectivity index (χ1) is 14.4. The van der Waals surface area contributed by atoms with Crippen LogP contribution in [0.1, 0.15) is 43.2 Å². The molecule has 0 bridgehead atoms. The normalized spacial score (nSPS) is 19.4. The quantitative estimate of drug-likeness (QED) is 0.731. The summed E-state index contributed by atoms with van der Waals surface area (Å²) in [6.07, 6.45) is 6.28. The summed E-state index contributed by atoms with van der Waals surface area (Å²) in [5, 5.41) is 11.1. The number of piperazine rings is 1. The van der Waals surface area contributed by atoms with Gasteiger partial charge in [-0.1, -0.05) is 18.0 Å². The van der Waals surface area contributed by atoms with Crippen molar-refractivity contribution in [2.45, 2.75) is 50.5 Å². The molecule has 4 rings (SSSR count). The molecule has 0 aromatic carbocycles. The highest BCUT2D eigenvalue weighted by atomic mass is 32.2. The number of hydrogen-bond acceptors (Lipinski definition) is 7. The van der Waals surface area contributed by atoms with Crippen LogP contribution in [0.4, 0.5) is 5.82 Å². The highest BCUT2D eigenvalue weighted by molar-refractivity contribution is 7.89. The zero-order valence-electron chi connectivity index (χ0n) is 17.4. The third kappa shape index (κ3) is 4.14. The molecule has 2 aliphatic rings. The molecule has 10 nitrogen and oxygen atoms in total. The van der Waals surface area contributed by atoms with E-state index in [1.807, 2.05) is 15.6 Å². The molecule has 11 heteroatoms. The minimum Gasteiger partial charge on any atom is -0.360 e. The Bertz CT molecular complexity index is 981. The zero-order valence-corrected chi connectivity index (χ0v) is 18.2. The van der Waals surface area contributed by atoms with Gasteiger partial charge in [0.25, 0.3) is 0 Å². The van der Waals surface area contributed by atoms with Gasteiger partial charge in [0.1, 0.15) is 16.4 Å². The monoisotopic (exact) mass is 436 g/mol. The average molecular weight is 437 g/mol. The predicted molar refractivity (Wildman–Crippen MR) is 110 cm³/mol. The van der Waals surface area contributed by atoms with E-state index in [1.165, 1.54) is 17.1 Å². The summed E-state index contributed by atoms with van der Waals surface area (Å²) < 4.78 is 34.2. The van der Waals surface area contributed by atoms with Crippen LogP contribution >= 0.6 is 0 Å². The summed E-state index contributed by atoms with van der Waals surface area (Å²) in [5.74, 6) is 0.913. The Kier molecular flexibility index (Phi) is 5.94. The summed E-state index contributed by atoms with van der Waals surface area (Å²) in [4.78, 5) is 14.7. The Balaban J connectivity index is 1.32. The van der Waals surface area contributed by atoms with E-state index in [4.69, 9.17) is 4.52 Å². The first-order valence-corrected chi connectivity index (χ1v) is 11.8. The van der Waals surface area contributed by atoms with E-state index in [-0.39, 0.29) is 17.3 Å². The first kappa shape index (κ1) is 21.0. The summed E-state index contributed by atoms with van der Waals surface area (Å²) in [7, 11) is -3.65. The SMILES string of the molecule is Cc1noc(C)c1S(=O)(=O)N1CCN(CC(=O)Nc2ccnn2C2CCCC2)CC1. The summed E-state index contributed by atoms with van der Waals surface area (Å²) in [5.41, 5.74) is 0.369. The zero-order chi connectivity index (χ0) is 21.3. The number of nitrogens with zero attached hydrogens (tertiary/aromatic N) is 5. The second-order valence-electron chi connectivity index (χ2n) is 7.98. The maximum absolute atomic E-state index is 12.9. The van der Waals surface area contributed by atoms with Crippen LogP contribution in [0.2, 0.25) is 0 Å². The van der Waals surface area contributed by atoms with Gasteiger partial charge in [-0.15, -0.1) is 0 Å². The predicted octanol–water partition coefficient (Wildman–Crippen LogP) is 1.55. The van der Waals surface area contributed by atoms with Crippen molar-refractivity contribution in [2.75, 3.05) is 38.0 Å². The highest BCUT2D eigenvalue weighted by Crippen LogP contribution is 2.31. The number of anilines is 1. The van der Waals surface area contributed by atoms with Gasteiger partial charge in [0.05, 0.1) is 18.8 Å². The van der Waals surface area contributed by atoms with Gasteiger partial charge in [0.15, 0.2) is 5.76 Å². The minimum atomic E-state index is -3.65. The number of aromatic nitrogens is 3. The average Bonchev–Trinajstić information content (AvgIpc) is 3.44. The van der Waals surface area contributed by atoms with E-state index in [9.17, 15) is 13.2 Å². The standard InChI is InChI=1S/C19H28N6O4S/c1-14-19(15(2)29-22-14)30(27,28)24-11-9-23(10-12-24)13-18(26)21-17-7-8-20-25(17)16-5-3-4-6-16/h7-8,16H,3-6,9-13H2,1-2H3,(H,21,26). The third-order valence-electron chi connectivity index (χ3n) is 5.87. The van der Waals surface area contributed by atoms with Gasteiger partial charge in [-0.3, -0.25) is 9.69 Å². The molecule has 1 N–H and O–H groups in total. The topological polar surface area (TPSA) is 114 Å². The smallest absolute Gasteiger partial charge is 0.248 e. The van der Waals surface area contributed by atoms with E-state index < -0.39 is 10.0 Å². The van der Waals surface area contributed by atoms with Gasteiger partial charge in [0, 0.05) is 32.2 Å². The summed E-state index contributed by atoms with van der Waals surface area (Å²) in [6.45, 7) is 5.05. The fourth-order valence-corrected chi connectivity index (χ4v) is 6.05. The molecule has 30 heavy (non-hydrogen) atoms. The van der Waals surface area contributed by atoms with Crippen LogP contribution < -0.4 is 5.32 Å². The van der Waals surface area contributed by atoms with Gasteiger partial charge in [-0.05, 0) is 26.7 Å². The van der Waals surface area contributed by atoms with Gasteiger partial charge in [-0.2, -0.15) is 9.40 Å². The maximum Gasteiger partial charge on any atom is 0.248 e. The van der Waals surface area contributed by atoms with E-state index in [2.05, 4.69) is 15.6 Å². The number of sulfonamides is 1. The number of amides is 1. The van der Waals surface area contributed by atoms with Crippen molar-refractivity contribution in [3.63, 3.8) is 0 Å². The molecule has 0 spiro atoms. The molecule has 0 unspecified atom stereocenters. The van der Waals surface area contributed by atoms with Crippen molar-refractivity contribution in [3.05, 3.63) is 23.7 Å². The van der Waals surface area contributed by atoms with E-state index in [1.54, 1.807) is 20.0 Å². The van der Waals surface area contributed by atoms with Crippen molar-refractivity contribution in [1.29, 1.82) is 0 Å². The van der Waals surface area contributed by atoms with Crippen LogP contribution in [0.3, 0.4) is 0 Å². The lowest BCUT2D eigenvalue weighted by molar-refractivity contribution is -0.117.